The number of nitrogens with one attached hydrogen (secondary N) is 1. The topological polar surface area (TPSA) is 109 Å². The predicted molar refractivity (Wildman–Crippen MR) is 129 cm³/mol. The number of hydrogen-bond donors (Lipinski definition) is 1. The summed E-state index contributed by atoms with van der Waals surface area (Å²) in [7, 11) is -1.03. The van der Waals surface area contributed by atoms with E-state index in [0.29, 0.717) is 29.1 Å². The van der Waals surface area contributed by atoms with E-state index in [4.69, 9.17) is 9.47 Å². The van der Waals surface area contributed by atoms with E-state index in [1.807, 2.05) is 6.92 Å². The van der Waals surface area contributed by atoms with Crippen LogP contribution in [0.15, 0.2) is 81.2 Å². The van der Waals surface area contributed by atoms with Crippen LogP contribution >= 0.6 is 0 Å². The molecule has 3 aromatic carbocycles. The van der Waals surface area contributed by atoms with E-state index in [9.17, 15) is 18.0 Å². The number of nitrogens with zero attached hydrogens (tertiary/aromatic N) is 2. The van der Waals surface area contributed by atoms with E-state index < -0.39 is 21.1 Å². The maximum absolute atomic E-state index is 13.0. The molecule has 0 bridgehead atoms. The first kappa shape index (κ1) is 23.1. The van der Waals surface area contributed by atoms with E-state index in [0.717, 1.165) is 0 Å². The molecule has 10 heteroatoms. The molecule has 0 saturated heterocycles. The lowest BCUT2D eigenvalue weighted by molar-refractivity contribution is 0.339. The van der Waals surface area contributed by atoms with Crippen LogP contribution in [0.3, 0.4) is 0 Å². The fourth-order valence-electron chi connectivity index (χ4n) is 3.47. The first-order valence-electron chi connectivity index (χ1n) is 10.4. The van der Waals surface area contributed by atoms with Gasteiger partial charge in [0.2, 0.25) is 0 Å². The van der Waals surface area contributed by atoms with Crippen LogP contribution < -0.4 is 25.3 Å². The highest BCUT2D eigenvalue weighted by Gasteiger charge is 2.20. The summed E-state index contributed by atoms with van der Waals surface area (Å²) in [5.74, 6) is 1.25. The van der Waals surface area contributed by atoms with Gasteiger partial charge in [-0.05, 0) is 49.4 Å². The number of ether oxygens (including phenoxy) is 2. The molecule has 1 aromatic heterocycles. The van der Waals surface area contributed by atoms with Gasteiger partial charge in [-0.2, -0.15) is 0 Å². The van der Waals surface area contributed by atoms with Gasteiger partial charge in [0.15, 0.2) is 5.75 Å². The van der Waals surface area contributed by atoms with Gasteiger partial charge in [0.25, 0.3) is 10.0 Å². The molecule has 9 nitrogen and oxygen atoms in total. The lowest BCUT2D eigenvalue weighted by Gasteiger charge is -2.17. The van der Waals surface area contributed by atoms with E-state index in [1.165, 1.54) is 47.5 Å². The van der Waals surface area contributed by atoms with Crippen molar-refractivity contribution in [2.75, 3.05) is 11.3 Å². The van der Waals surface area contributed by atoms with Gasteiger partial charge in [-0.15, -0.1) is 0 Å². The first-order chi connectivity index (χ1) is 16.2. The van der Waals surface area contributed by atoms with Crippen molar-refractivity contribution in [3.05, 3.63) is 87.4 Å². The minimum Gasteiger partial charge on any atom is -0.494 e. The molecule has 0 unspecified atom stereocenters. The molecule has 34 heavy (non-hydrogen) atoms. The summed E-state index contributed by atoms with van der Waals surface area (Å²) in [6.45, 7) is 2.39. The summed E-state index contributed by atoms with van der Waals surface area (Å²) >= 11 is 0. The first-order valence-corrected chi connectivity index (χ1v) is 11.9. The summed E-state index contributed by atoms with van der Waals surface area (Å²) < 4.78 is 42.4. The molecule has 1 heterocycles. The fourth-order valence-corrected chi connectivity index (χ4v) is 4.55. The van der Waals surface area contributed by atoms with Crippen molar-refractivity contribution in [3.8, 4) is 17.2 Å². The maximum Gasteiger partial charge on any atom is 0.316 e. The monoisotopic (exact) mass is 481 g/mol. The molecule has 0 radical (unpaired) electrons. The molecular formula is C24H23N3O6S. The van der Waals surface area contributed by atoms with Crippen LogP contribution in [0.4, 0.5) is 5.69 Å². The van der Waals surface area contributed by atoms with Gasteiger partial charge < -0.3 is 18.6 Å². The number of anilines is 1. The molecule has 4 rings (SSSR count). The van der Waals surface area contributed by atoms with Gasteiger partial charge in [0, 0.05) is 20.2 Å². The summed E-state index contributed by atoms with van der Waals surface area (Å²) in [6.07, 6.45) is 0. The van der Waals surface area contributed by atoms with Gasteiger partial charge in [-0.3, -0.25) is 14.3 Å². The molecular weight excluding hydrogens is 458 g/mol. The Morgan fingerprint density at radius 3 is 1.97 bits per heavy atom. The van der Waals surface area contributed by atoms with Crippen LogP contribution in [-0.4, -0.2) is 24.2 Å². The van der Waals surface area contributed by atoms with Crippen LogP contribution in [0, 0.1) is 0 Å². The third-order valence-electron chi connectivity index (χ3n) is 5.25. The van der Waals surface area contributed by atoms with Crippen molar-refractivity contribution in [1.82, 2.24) is 9.13 Å². The largest absolute Gasteiger partial charge is 0.494 e. The molecule has 1 N–H and O–H groups in total. The summed E-state index contributed by atoms with van der Waals surface area (Å²) in [5, 5.41) is 0. The number of hydrogen-bond acceptors (Lipinski definition) is 6. The smallest absolute Gasteiger partial charge is 0.316 e. The Morgan fingerprint density at radius 1 is 0.824 bits per heavy atom. The quantitative estimate of drug-likeness (QED) is 0.406. The SMILES string of the molecule is CCOc1ccc(Oc2cc3c(cc2NS(=O)(=O)c2ccccc2)n(C)c(=O)c(=O)n3C)cc1. The second-order valence-corrected chi connectivity index (χ2v) is 9.17. The van der Waals surface area contributed by atoms with Gasteiger partial charge in [-0.25, -0.2) is 8.42 Å². The molecule has 0 saturated carbocycles. The molecule has 176 valence electrons. The average molecular weight is 482 g/mol. The van der Waals surface area contributed by atoms with E-state index in [-0.39, 0.29) is 16.3 Å². The zero-order valence-corrected chi connectivity index (χ0v) is 19.6. The van der Waals surface area contributed by atoms with Crippen LogP contribution in [0.25, 0.3) is 11.0 Å². The highest BCUT2D eigenvalue weighted by molar-refractivity contribution is 7.92. The standard InChI is InChI=1S/C24H23N3O6S/c1-4-32-16-10-12-17(13-11-16)33-22-15-21-20(26(2)23(28)24(29)27(21)3)14-19(22)25-34(30,31)18-8-6-5-7-9-18/h5-15,25H,4H2,1-3H3. The minimum atomic E-state index is -3.96. The van der Waals surface area contributed by atoms with Crippen molar-refractivity contribution in [1.29, 1.82) is 0 Å². The molecule has 0 spiro atoms. The number of aromatic nitrogens is 2. The second-order valence-electron chi connectivity index (χ2n) is 7.49. The molecule has 0 aliphatic carbocycles. The van der Waals surface area contributed by atoms with Gasteiger partial charge in [0.05, 0.1) is 28.2 Å². The highest BCUT2D eigenvalue weighted by Crippen LogP contribution is 2.35. The van der Waals surface area contributed by atoms with Crippen LogP contribution in [-0.2, 0) is 24.1 Å². The van der Waals surface area contributed by atoms with E-state index >= 15 is 0 Å². The van der Waals surface area contributed by atoms with E-state index in [2.05, 4.69) is 4.72 Å². The maximum atomic E-state index is 13.0. The van der Waals surface area contributed by atoms with E-state index in [1.54, 1.807) is 42.5 Å². The highest BCUT2D eigenvalue weighted by atomic mass is 32.2. The van der Waals surface area contributed by atoms with Crippen molar-refractivity contribution < 1.29 is 17.9 Å². The Hall–Kier alpha value is -4.05. The van der Waals surface area contributed by atoms with Crippen LogP contribution in [0.5, 0.6) is 17.2 Å². The third kappa shape index (κ3) is 4.40. The number of fused-ring (bicyclic) bond motifs is 1. The summed E-state index contributed by atoms with van der Waals surface area (Å²) in [4.78, 5) is 24.7. The molecule has 0 aliphatic heterocycles. The molecule has 0 amide bonds. The average Bonchev–Trinajstić information content (AvgIpc) is 2.84. The third-order valence-corrected chi connectivity index (χ3v) is 6.63. The van der Waals surface area contributed by atoms with Gasteiger partial charge >= 0.3 is 11.1 Å². The number of rotatable bonds is 7. The number of aryl methyl sites for hydroxylation is 2. The van der Waals surface area contributed by atoms with Crippen molar-refractivity contribution in [3.63, 3.8) is 0 Å². The normalized spacial score (nSPS) is 11.4. The van der Waals surface area contributed by atoms with Crippen molar-refractivity contribution in [2.24, 2.45) is 14.1 Å². The molecule has 4 aromatic rings. The zero-order valence-electron chi connectivity index (χ0n) is 18.8. The zero-order chi connectivity index (χ0) is 24.5. The van der Waals surface area contributed by atoms with Gasteiger partial charge in [0.1, 0.15) is 11.5 Å². The van der Waals surface area contributed by atoms with Crippen molar-refractivity contribution >= 4 is 26.7 Å². The summed E-state index contributed by atoms with van der Waals surface area (Å²) in [5.41, 5.74) is -0.571. The fraction of sp³-hybridized carbons (Fsp3) is 0.167. The Balaban J connectivity index is 1.87. The number of benzene rings is 3. The Kier molecular flexibility index (Phi) is 6.16. The van der Waals surface area contributed by atoms with Crippen molar-refractivity contribution in [2.45, 2.75) is 11.8 Å². The number of sulfonamides is 1. The minimum absolute atomic E-state index is 0.0662. The molecule has 0 fully saturated rings. The van der Waals surface area contributed by atoms with Crippen LogP contribution in [0.2, 0.25) is 0 Å². The van der Waals surface area contributed by atoms with Crippen LogP contribution in [0.1, 0.15) is 6.92 Å². The Morgan fingerprint density at radius 2 is 1.38 bits per heavy atom. The second kappa shape index (κ2) is 9.06. The lowest BCUT2D eigenvalue weighted by atomic mass is 10.2. The Bertz CT molecular complexity index is 1570. The van der Waals surface area contributed by atoms with Gasteiger partial charge in [-0.1, -0.05) is 18.2 Å². The predicted octanol–water partition coefficient (Wildman–Crippen LogP) is 3.23. The molecule has 0 aliphatic rings. The Labute approximate surface area is 195 Å². The summed E-state index contributed by atoms with van der Waals surface area (Å²) in [6, 6.07) is 17.7. The molecule has 0 atom stereocenters. The lowest BCUT2D eigenvalue weighted by Crippen LogP contribution is -2.39.